The number of ketones is 1. The number of benzene rings is 1. The van der Waals surface area contributed by atoms with Crippen molar-refractivity contribution in [3.8, 4) is 0 Å². The second-order valence-electron chi connectivity index (χ2n) is 6.55. The molecule has 1 aliphatic rings. The van der Waals surface area contributed by atoms with Crippen LogP contribution in [0.2, 0.25) is 0 Å². The van der Waals surface area contributed by atoms with E-state index < -0.39 is 29.3 Å². The van der Waals surface area contributed by atoms with Crippen LogP contribution in [0.4, 0.5) is 8.78 Å². The highest BCUT2D eigenvalue weighted by Crippen LogP contribution is 2.24. The van der Waals surface area contributed by atoms with Crippen molar-refractivity contribution in [3.63, 3.8) is 0 Å². The van der Waals surface area contributed by atoms with Crippen molar-refractivity contribution in [1.82, 2.24) is 15.1 Å². The highest BCUT2D eigenvalue weighted by molar-refractivity contribution is 5.98. The van der Waals surface area contributed by atoms with Gasteiger partial charge in [-0.25, -0.2) is 13.6 Å². The number of nitrogens with one attached hydrogen (secondary N) is 1. The van der Waals surface area contributed by atoms with E-state index in [2.05, 4.69) is 10.2 Å². The Hall–Kier alpha value is -2.61. The number of ether oxygens (including phenoxy) is 1. The van der Waals surface area contributed by atoms with Crippen molar-refractivity contribution >= 4 is 11.8 Å². The molecule has 3 rings (SSSR count). The van der Waals surface area contributed by atoms with E-state index in [9.17, 15) is 18.4 Å². The minimum Gasteiger partial charge on any atom is -0.461 e. The lowest BCUT2D eigenvalue weighted by atomic mass is 9.89. The van der Waals surface area contributed by atoms with Crippen molar-refractivity contribution in [2.75, 3.05) is 19.7 Å². The van der Waals surface area contributed by atoms with Crippen LogP contribution < -0.4 is 0 Å². The van der Waals surface area contributed by atoms with Gasteiger partial charge in [0.15, 0.2) is 5.78 Å². The summed E-state index contributed by atoms with van der Waals surface area (Å²) in [7, 11) is 0. The number of hydrogen-bond acceptors (Lipinski definition) is 5. The normalized spacial score (nSPS) is 17.7. The summed E-state index contributed by atoms with van der Waals surface area (Å²) < 4.78 is 32.3. The van der Waals surface area contributed by atoms with Crippen LogP contribution in [0.15, 0.2) is 24.4 Å². The maximum absolute atomic E-state index is 13.9. The topological polar surface area (TPSA) is 75.3 Å². The summed E-state index contributed by atoms with van der Waals surface area (Å²) in [4.78, 5) is 26.6. The number of aromatic nitrogens is 2. The van der Waals surface area contributed by atoms with Gasteiger partial charge in [0.2, 0.25) is 0 Å². The Labute approximate surface area is 155 Å². The molecule has 6 nitrogen and oxygen atoms in total. The average molecular weight is 377 g/mol. The molecule has 0 unspecified atom stereocenters. The fourth-order valence-corrected chi connectivity index (χ4v) is 3.37. The minimum atomic E-state index is -0.710. The van der Waals surface area contributed by atoms with E-state index in [0.717, 1.165) is 31.2 Å². The Morgan fingerprint density at radius 3 is 2.96 bits per heavy atom. The van der Waals surface area contributed by atoms with Crippen molar-refractivity contribution in [1.29, 1.82) is 0 Å². The fourth-order valence-electron chi connectivity index (χ4n) is 3.37. The van der Waals surface area contributed by atoms with Gasteiger partial charge < -0.3 is 4.74 Å². The number of rotatable bonds is 6. The lowest BCUT2D eigenvalue weighted by Crippen LogP contribution is -2.38. The van der Waals surface area contributed by atoms with E-state index in [1.807, 2.05) is 4.90 Å². The van der Waals surface area contributed by atoms with Crippen LogP contribution in [0, 0.1) is 17.6 Å². The molecule has 2 aromatic rings. The van der Waals surface area contributed by atoms with Gasteiger partial charge in [-0.2, -0.15) is 5.10 Å². The van der Waals surface area contributed by atoms with E-state index in [-0.39, 0.29) is 12.2 Å². The first-order valence-corrected chi connectivity index (χ1v) is 8.90. The van der Waals surface area contributed by atoms with Gasteiger partial charge in [-0.05, 0) is 44.5 Å². The van der Waals surface area contributed by atoms with Gasteiger partial charge >= 0.3 is 5.97 Å². The summed E-state index contributed by atoms with van der Waals surface area (Å²) in [6, 6.07) is 2.92. The number of H-pyrrole nitrogens is 1. The number of carbonyl (C=O) groups excluding carboxylic acids is 2. The maximum atomic E-state index is 13.9. The van der Waals surface area contributed by atoms with Crippen LogP contribution in [-0.4, -0.2) is 46.5 Å². The highest BCUT2D eigenvalue weighted by atomic mass is 19.1. The zero-order valence-corrected chi connectivity index (χ0v) is 15.0. The van der Waals surface area contributed by atoms with E-state index in [1.165, 1.54) is 0 Å². The number of aromatic amines is 1. The van der Waals surface area contributed by atoms with Crippen molar-refractivity contribution < 1.29 is 23.1 Å². The Morgan fingerprint density at radius 1 is 1.37 bits per heavy atom. The van der Waals surface area contributed by atoms with Gasteiger partial charge in [0, 0.05) is 24.6 Å². The molecule has 1 atom stereocenters. The number of halogens is 2. The third-order valence-electron chi connectivity index (χ3n) is 4.66. The van der Waals surface area contributed by atoms with Gasteiger partial charge in [0.25, 0.3) is 0 Å². The highest BCUT2D eigenvalue weighted by Gasteiger charge is 2.29. The minimum absolute atomic E-state index is 0.211. The second-order valence-corrected chi connectivity index (χ2v) is 6.55. The van der Waals surface area contributed by atoms with Crippen molar-refractivity contribution in [2.24, 2.45) is 5.92 Å². The molecule has 144 valence electrons. The Bertz CT molecular complexity index is 837. The summed E-state index contributed by atoms with van der Waals surface area (Å²) in [6.07, 6.45) is 2.92. The maximum Gasteiger partial charge on any atom is 0.356 e. The summed E-state index contributed by atoms with van der Waals surface area (Å²) >= 11 is 0. The Kier molecular flexibility index (Phi) is 5.95. The number of hydrogen-bond donors (Lipinski definition) is 1. The predicted molar refractivity (Wildman–Crippen MR) is 93.2 cm³/mol. The SMILES string of the molecule is CCOC(=O)c1[nH]ncc1CN1CCC[C@@H](C(=O)c2cc(F)ccc2F)C1. The van der Waals surface area contributed by atoms with E-state index in [4.69, 9.17) is 4.74 Å². The molecule has 0 saturated carbocycles. The lowest BCUT2D eigenvalue weighted by Gasteiger charge is -2.31. The van der Waals surface area contributed by atoms with E-state index in [0.29, 0.717) is 30.8 Å². The van der Waals surface area contributed by atoms with E-state index in [1.54, 1.807) is 13.1 Å². The summed E-state index contributed by atoms with van der Waals surface area (Å²) in [6.45, 7) is 3.54. The molecule has 2 heterocycles. The molecular weight excluding hydrogens is 356 g/mol. The molecule has 1 fully saturated rings. The molecule has 8 heteroatoms. The molecule has 1 aliphatic heterocycles. The van der Waals surface area contributed by atoms with Crippen LogP contribution in [0.3, 0.4) is 0 Å². The molecule has 27 heavy (non-hydrogen) atoms. The summed E-state index contributed by atoms with van der Waals surface area (Å²) in [5.41, 5.74) is 0.761. The molecule has 0 amide bonds. The first-order chi connectivity index (χ1) is 13.0. The van der Waals surface area contributed by atoms with Gasteiger partial charge in [0.05, 0.1) is 18.4 Å². The molecular formula is C19H21F2N3O3. The first-order valence-electron chi connectivity index (χ1n) is 8.90. The van der Waals surface area contributed by atoms with Crippen LogP contribution in [0.1, 0.15) is 46.2 Å². The van der Waals surface area contributed by atoms with Crippen LogP contribution in [0.5, 0.6) is 0 Å². The van der Waals surface area contributed by atoms with E-state index >= 15 is 0 Å². The largest absolute Gasteiger partial charge is 0.461 e. The van der Waals surface area contributed by atoms with Crippen LogP contribution in [-0.2, 0) is 11.3 Å². The number of carbonyl (C=O) groups is 2. The molecule has 1 aromatic carbocycles. The quantitative estimate of drug-likeness (QED) is 0.619. The number of likely N-dealkylation sites (tertiary alicyclic amines) is 1. The first kappa shape index (κ1) is 19.2. The predicted octanol–water partition coefficient (Wildman–Crippen LogP) is 2.96. The summed E-state index contributed by atoms with van der Waals surface area (Å²) in [5.74, 6) is -2.64. The zero-order valence-electron chi connectivity index (χ0n) is 15.0. The van der Waals surface area contributed by atoms with Gasteiger partial charge in [0.1, 0.15) is 17.3 Å². The Balaban J connectivity index is 1.70. The fraction of sp³-hybridized carbons (Fsp3) is 0.421. The monoisotopic (exact) mass is 377 g/mol. The molecule has 0 spiro atoms. The molecule has 0 aliphatic carbocycles. The van der Waals surface area contributed by atoms with Gasteiger partial charge in [-0.1, -0.05) is 0 Å². The Morgan fingerprint density at radius 2 is 2.19 bits per heavy atom. The lowest BCUT2D eigenvalue weighted by molar-refractivity contribution is 0.0515. The smallest absolute Gasteiger partial charge is 0.356 e. The molecule has 0 radical (unpaired) electrons. The number of Topliss-reactive ketones (excluding diaryl/α,β-unsaturated/α-hetero) is 1. The van der Waals surface area contributed by atoms with Gasteiger partial charge in [-0.3, -0.25) is 14.8 Å². The average Bonchev–Trinajstić information content (AvgIpc) is 3.12. The number of piperidine rings is 1. The zero-order chi connectivity index (χ0) is 19.4. The van der Waals surface area contributed by atoms with Crippen molar-refractivity contribution in [2.45, 2.75) is 26.3 Å². The molecule has 0 bridgehead atoms. The molecule has 1 saturated heterocycles. The third-order valence-corrected chi connectivity index (χ3v) is 4.66. The standard InChI is InChI=1S/C19H21F2N3O3/c1-2-27-19(26)17-13(9-22-23-17)11-24-7-3-4-12(10-24)18(25)15-8-14(20)5-6-16(15)21/h5-6,8-9,12H,2-4,7,10-11H2,1H3,(H,22,23)/t12-/m1/s1. The summed E-state index contributed by atoms with van der Waals surface area (Å²) in [5, 5.41) is 6.55. The number of esters is 1. The number of nitrogens with zero attached hydrogens (tertiary/aromatic N) is 2. The molecule has 1 N–H and O–H groups in total. The molecule has 1 aromatic heterocycles. The van der Waals surface area contributed by atoms with Gasteiger partial charge in [-0.15, -0.1) is 0 Å². The third kappa shape index (κ3) is 4.39. The van der Waals surface area contributed by atoms with Crippen LogP contribution >= 0.6 is 0 Å². The van der Waals surface area contributed by atoms with Crippen molar-refractivity contribution in [3.05, 3.63) is 52.9 Å². The second kappa shape index (κ2) is 8.39. The van der Waals surface area contributed by atoms with Crippen LogP contribution in [0.25, 0.3) is 0 Å².